The summed E-state index contributed by atoms with van der Waals surface area (Å²) in [5.41, 5.74) is 3.23. The third-order valence-electron chi connectivity index (χ3n) is 5.77. The summed E-state index contributed by atoms with van der Waals surface area (Å²) in [4.78, 5) is 10.4. The Morgan fingerprint density at radius 1 is 0.875 bits per heavy atom. The maximum Gasteiger partial charge on any atom is 0.269 e. The fourth-order valence-corrected chi connectivity index (χ4v) is 4.44. The van der Waals surface area contributed by atoms with Gasteiger partial charge in [-0.15, -0.1) is 0 Å². The number of nitrogens with zero attached hydrogens (tertiary/aromatic N) is 2. The van der Waals surface area contributed by atoms with Crippen molar-refractivity contribution in [3.05, 3.63) is 127 Å². The highest BCUT2D eigenvalue weighted by atomic mass is 35.5. The number of non-ortho nitro benzene ring substituents is 1. The minimum Gasteiger partial charge on any atom is -0.490 e. The zero-order valence-electron chi connectivity index (χ0n) is 21.5. The van der Waals surface area contributed by atoms with Crippen LogP contribution in [-0.2, 0) is 13.2 Å². The average molecular weight is 575 g/mol. The zero-order valence-corrected chi connectivity index (χ0v) is 23.0. The van der Waals surface area contributed by atoms with Crippen molar-refractivity contribution in [3.63, 3.8) is 0 Å². The predicted molar refractivity (Wildman–Crippen MR) is 156 cm³/mol. The van der Waals surface area contributed by atoms with Gasteiger partial charge in [0.05, 0.1) is 33.2 Å². The van der Waals surface area contributed by atoms with Crippen molar-refractivity contribution in [1.82, 2.24) is 0 Å². The van der Waals surface area contributed by atoms with Crippen molar-refractivity contribution in [3.8, 4) is 23.3 Å². The average Bonchev–Trinajstić information content (AvgIpc) is 2.96. The van der Waals surface area contributed by atoms with Gasteiger partial charge in [-0.3, -0.25) is 10.1 Å². The first-order valence-corrected chi connectivity index (χ1v) is 13.0. The lowest BCUT2D eigenvalue weighted by Gasteiger charge is -2.15. The van der Waals surface area contributed by atoms with Crippen LogP contribution in [0, 0.1) is 21.4 Å². The Kier molecular flexibility index (Phi) is 9.63. The van der Waals surface area contributed by atoms with Crippen LogP contribution in [0.2, 0.25) is 10.0 Å². The number of ether oxygens (including phenoxy) is 3. The van der Waals surface area contributed by atoms with E-state index in [1.807, 2.05) is 55.5 Å². The lowest BCUT2D eigenvalue weighted by molar-refractivity contribution is -0.384. The van der Waals surface area contributed by atoms with Crippen molar-refractivity contribution >= 4 is 40.5 Å². The molecule has 0 aliphatic heterocycles. The minimum atomic E-state index is -0.496. The summed E-state index contributed by atoms with van der Waals surface area (Å²) in [6.45, 7) is 2.97. The van der Waals surface area contributed by atoms with Gasteiger partial charge in [0.1, 0.15) is 13.2 Å². The van der Waals surface area contributed by atoms with E-state index >= 15 is 0 Å². The van der Waals surface area contributed by atoms with Crippen molar-refractivity contribution in [2.75, 3.05) is 6.61 Å². The quantitative estimate of drug-likeness (QED) is 0.0770. The maximum absolute atomic E-state index is 10.9. The number of allylic oxidation sites excluding steroid dienone is 1. The number of nitro benzene ring substituents is 1. The molecule has 0 aliphatic carbocycles. The molecule has 4 aromatic rings. The number of hydrogen-bond acceptors (Lipinski definition) is 6. The first kappa shape index (κ1) is 28.5. The molecule has 0 amide bonds. The van der Waals surface area contributed by atoms with E-state index in [1.165, 1.54) is 24.3 Å². The van der Waals surface area contributed by atoms with Crippen molar-refractivity contribution in [2.45, 2.75) is 20.1 Å². The highest BCUT2D eigenvalue weighted by Crippen LogP contribution is 2.37. The van der Waals surface area contributed by atoms with Gasteiger partial charge >= 0.3 is 0 Å². The van der Waals surface area contributed by atoms with E-state index in [0.29, 0.717) is 47.2 Å². The Hall–Kier alpha value is -4.51. The van der Waals surface area contributed by atoms with Gasteiger partial charge in [-0.2, -0.15) is 5.26 Å². The molecule has 0 aliphatic rings. The molecule has 9 heteroatoms. The molecule has 7 nitrogen and oxygen atoms in total. The van der Waals surface area contributed by atoms with Crippen LogP contribution in [0.25, 0.3) is 11.6 Å². The first-order chi connectivity index (χ1) is 19.4. The molecule has 4 aromatic carbocycles. The van der Waals surface area contributed by atoms with E-state index in [0.717, 1.165) is 11.1 Å². The highest BCUT2D eigenvalue weighted by Gasteiger charge is 2.13. The SMILES string of the molecule is CCOc1cc(COc2c(Cl)cc(/C=C(\C#N)c3ccc([N+](=O)[O-])cc3)cc2Cl)ccc1OCc1ccccc1. The predicted octanol–water partition coefficient (Wildman–Crippen LogP) is 8.52. The molecule has 202 valence electrons. The van der Waals surface area contributed by atoms with Crippen LogP contribution < -0.4 is 14.2 Å². The summed E-state index contributed by atoms with van der Waals surface area (Å²) in [5.74, 6) is 1.53. The summed E-state index contributed by atoms with van der Waals surface area (Å²) in [6.07, 6.45) is 1.60. The number of benzene rings is 4. The van der Waals surface area contributed by atoms with Crippen LogP contribution in [-0.4, -0.2) is 11.5 Å². The van der Waals surface area contributed by atoms with Gasteiger partial charge in [0.15, 0.2) is 17.2 Å². The molecule has 0 spiro atoms. The molecule has 0 aromatic heterocycles. The second kappa shape index (κ2) is 13.5. The Morgan fingerprint density at radius 3 is 2.17 bits per heavy atom. The molecular formula is C31H24Cl2N2O5. The summed E-state index contributed by atoms with van der Waals surface area (Å²) in [7, 11) is 0. The summed E-state index contributed by atoms with van der Waals surface area (Å²) < 4.78 is 17.7. The Bertz CT molecular complexity index is 1540. The molecular weight excluding hydrogens is 551 g/mol. The molecule has 0 saturated carbocycles. The lowest BCUT2D eigenvalue weighted by Crippen LogP contribution is -2.02. The zero-order chi connectivity index (χ0) is 28.5. The van der Waals surface area contributed by atoms with Crippen LogP contribution in [0.5, 0.6) is 17.2 Å². The van der Waals surface area contributed by atoms with Crippen LogP contribution in [0.15, 0.2) is 84.9 Å². The van der Waals surface area contributed by atoms with Crippen LogP contribution in [0.4, 0.5) is 5.69 Å². The standard InChI is InChI=1S/C31H24Cl2N2O5/c1-2-38-30-17-22(8-13-29(30)39-19-21-6-4-3-5-7-21)20-40-31-27(32)15-23(16-28(31)33)14-25(18-34)24-9-11-26(12-10-24)35(36)37/h3-17H,2,19-20H2,1H3/b25-14+. The van der Waals surface area contributed by atoms with Gasteiger partial charge in [0.2, 0.25) is 0 Å². The molecule has 0 fully saturated rings. The molecule has 0 unspecified atom stereocenters. The van der Waals surface area contributed by atoms with Gasteiger partial charge in [-0.05, 0) is 71.7 Å². The Morgan fingerprint density at radius 2 is 1.55 bits per heavy atom. The topological polar surface area (TPSA) is 94.6 Å². The highest BCUT2D eigenvalue weighted by molar-refractivity contribution is 6.37. The van der Waals surface area contributed by atoms with E-state index in [4.69, 9.17) is 37.4 Å². The second-order valence-electron chi connectivity index (χ2n) is 8.56. The molecule has 0 bridgehead atoms. The van der Waals surface area contributed by atoms with Gasteiger partial charge in [-0.1, -0.05) is 59.6 Å². The summed E-state index contributed by atoms with van der Waals surface area (Å²) in [5, 5.41) is 21.1. The van der Waals surface area contributed by atoms with Crippen molar-refractivity contribution in [1.29, 1.82) is 5.26 Å². The fourth-order valence-electron chi connectivity index (χ4n) is 3.83. The number of hydrogen-bond donors (Lipinski definition) is 0. The number of rotatable bonds is 11. The van der Waals surface area contributed by atoms with E-state index < -0.39 is 4.92 Å². The molecule has 0 saturated heterocycles. The van der Waals surface area contributed by atoms with E-state index in [-0.39, 0.29) is 22.3 Å². The second-order valence-corrected chi connectivity index (χ2v) is 9.38. The number of nitriles is 1. The molecule has 0 heterocycles. The maximum atomic E-state index is 10.9. The van der Waals surface area contributed by atoms with E-state index in [1.54, 1.807) is 18.2 Å². The molecule has 0 radical (unpaired) electrons. The largest absolute Gasteiger partial charge is 0.490 e. The summed E-state index contributed by atoms with van der Waals surface area (Å²) >= 11 is 13.0. The van der Waals surface area contributed by atoms with Gasteiger partial charge in [0, 0.05) is 12.1 Å². The third-order valence-corrected chi connectivity index (χ3v) is 6.33. The van der Waals surface area contributed by atoms with E-state index in [2.05, 4.69) is 6.07 Å². The van der Waals surface area contributed by atoms with Crippen molar-refractivity contribution < 1.29 is 19.1 Å². The molecule has 4 rings (SSSR count). The van der Waals surface area contributed by atoms with Gasteiger partial charge < -0.3 is 14.2 Å². The number of halogens is 2. The Labute approximate surface area is 241 Å². The molecule has 0 atom stereocenters. The molecule has 0 N–H and O–H groups in total. The third kappa shape index (κ3) is 7.32. The molecule has 40 heavy (non-hydrogen) atoms. The van der Waals surface area contributed by atoms with Crippen LogP contribution >= 0.6 is 23.2 Å². The monoisotopic (exact) mass is 574 g/mol. The van der Waals surface area contributed by atoms with Crippen LogP contribution in [0.1, 0.15) is 29.2 Å². The summed E-state index contributed by atoms with van der Waals surface area (Å²) in [6, 6.07) is 26.5. The van der Waals surface area contributed by atoms with Gasteiger partial charge in [-0.25, -0.2) is 0 Å². The van der Waals surface area contributed by atoms with Gasteiger partial charge in [0.25, 0.3) is 5.69 Å². The normalized spacial score (nSPS) is 11.0. The first-order valence-electron chi connectivity index (χ1n) is 12.3. The van der Waals surface area contributed by atoms with E-state index in [9.17, 15) is 15.4 Å². The number of nitro groups is 1. The smallest absolute Gasteiger partial charge is 0.269 e. The van der Waals surface area contributed by atoms with Crippen LogP contribution in [0.3, 0.4) is 0 Å². The fraction of sp³-hybridized carbons (Fsp3) is 0.129. The van der Waals surface area contributed by atoms with Crippen molar-refractivity contribution in [2.24, 2.45) is 0 Å². The minimum absolute atomic E-state index is 0.0589. The Balaban J connectivity index is 1.48. The lowest BCUT2D eigenvalue weighted by atomic mass is 10.0.